The van der Waals surface area contributed by atoms with Crippen LogP contribution in [0.2, 0.25) is 0 Å². The molecule has 0 aliphatic heterocycles. The summed E-state index contributed by atoms with van der Waals surface area (Å²) in [4.78, 5) is 7.74. The Bertz CT molecular complexity index is 1020. The second kappa shape index (κ2) is 11.2. The van der Waals surface area contributed by atoms with Gasteiger partial charge in [-0.05, 0) is 24.3 Å². The predicted octanol–water partition coefficient (Wildman–Crippen LogP) is 5.34. The summed E-state index contributed by atoms with van der Waals surface area (Å²) in [5.41, 5.74) is 1.36. The van der Waals surface area contributed by atoms with Crippen LogP contribution in [0.4, 0.5) is 0 Å². The van der Waals surface area contributed by atoms with Crippen molar-refractivity contribution in [2.24, 2.45) is 5.41 Å². The van der Waals surface area contributed by atoms with Gasteiger partial charge in [-0.2, -0.15) is 18.2 Å². The molecule has 2 aliphatic rings. The Hall–Kier alpha value is -4.25. The van der Waals surface area contributed by atoms with Gasteiger partial charge < -0.3 is 19.9 Å². The van der Waals surface area contributed by atoms with Crippen LogP contribution in [0.5, 0.6) is 17.2 Å². The van der Waals surface area contributed by atoms with Crippen LogP contribution in [0, 0.1) is 17.4 Å². The van der Waals surface area contributed by atoms with Crippen molar-refractivity contribution in [3.05, 3.63) is 127 Å². The second-order valence-electron chi connectivity index (χ2n) is 6.95. The molecule has 160 valence electrons. The van der Waals surface area contributed by atoms with E-state index in [-0.39, 0.29) is 16.9 Å². The molecule has 2 heterocycles. The molecule has 5 heteroatoms. The van der Waals surface area contributed by atoms with Crippen molar-refractivity contribution in [1.29, 1.82) is 0 Å². The average Bonchev–Trinajstić information content (AvgIpc) is 3.59. The molecule has 1 spiro atoms. The third-order valence-corrected chi connectivity index (χ3v) is 4.48. The van der Waals surface area contributed by atoms with Gasteiger partial charge in [-0.3, -0.25) is 4.98 Å². The molecule has 0 saturated heterocycles. The lowest BCUT2D eigenvalue weighted by Gasteiger charge is -2.05. The number of benzene rings is 1. The number of hydrogen-bond acceptors (Lipinski definition) is 5. The average molecular weight is 425 g/mol. The van der Waals surface area contributed by atoms with E-state index in [1.165, 1.54) is 36.8 Å². The molecule has 1 aromatic carbocycles. The summed E-state index contributed by atoms with van der Waals surface area (Å²) >= 11 is 0. The second-order valence-corrected chi connectivity index (χ2v) is 6.95. The summed E-state index contributed by atoms with van der Waals surface area (Å²) in [6, 6.07) is 14.4. The van der Waals surface area contributed by atoms with Crippen molar-refractivity contribution in [2.75, 3.05) is 7.11 Å². The van der Waals surface area contributed by atoms with E-state index in [2.05, 4.69) is 64.6 Å². The summed E-state index contributed by atoms with van der Waals surface area (Å²) in [6.45, 7) is 0. The maximum Gasteiger partial charge on any atom is 0.126 e. The first-order valence-electron chi connectivity index (χ1n) is 9.96. The van der Waals surface area contributed by atoms with E-state index >= 15 is 0 Å². The van der Waals surface area contributed by atoms with Gasteiger partial charge in [0.2, 0.25) is 0 Å². The third-order valence-electron chi connectivity index (χ3n) is 4.48. The van der Waals surface area contributed by atoms with Gasteiger partial charge in [0.1, 0.15) is 22.7 Å². The van der Waals surface area contributed by atoms with Gasteiger partial charge in [0.15, 0.2) is 0 Å². The standard InChI is InChI=1S/C15H12N.C7H8O3.C5H4N/c1(2-14-5-11-16-12-6-14)13-3-7-15(8-4-13)9-10-15;1-10-7-3-5(8)2-6(9)4-7;1-2-4-6-5-3-1/h1-12H;2-4,8-9H,1H3;2-5H/q+1;;-1/b2-1+;;. The van der Waals surface area contributed by atoms with Gasteiger partial charge in [-0.1, -0.05) is 12.4 Å². The highest BCUT2D eigenvalue weighted by atomic mass is 16.5. The Labute approximate surface area is 188 Å². The fourth-order valence-electron chi connectivity index (χ4n) is 2.65. The number of allylic oxidation sites excluding steroid dienone is 7. The van der Waals surface area contributed by atoms with E-state index in [9.17, 15) is 0 Å². The number of methoxy groups -OCH3 is 1. The van der Waals surface area contributed by atoms with Crippen molar-refractivity contribution in [3.8, 4) is 17.2 Å². The molecular weight excluding hydrogens is 400 g/mol. The number of hydrogen-bond donors (Lipinski definition) is 2. The zero-order valence-electron chi connectivity index (χ0n) is 17.7. The summed E-state index contributed by atoms with van der Waals surface area (Å²) in [6.07, 6.45) is 24.4. The minimum absolute atomic E-state index is 0.00292. The lowest BCUT2D eigenvalue weighted by Crippen LogP contribution is -1.99. The maximum atomic E-state index is 8.88. The Morgan fingerprint density at radius 2 is 1.47 bits per heavy atom. The number of phenolic OH excluding ortho intramolecular Hbond substituents is 2. The van der Waals surface area contributed by atoms with Crippen molar-refractivity contribution in [3.63, 3.8) is 0 Å². The van der Waals surface area contributed by atoms with Gasteiger partial charge in [0.25, 0.3) is 0 Å². The molecule has 0 amide bonds. The summed E-state index contributed by atoms with van der Waals surface area (Å²) in [5.74, 6) is 1.67. The molecule has 5 rings (SSSR count). The quantitative estimate of drug-likeness (QED) is 0.438. The van der Waals surface area contributed by atoms with E-state index in [0.717, 1.165) is 0 Å². The molecule has 0 unspecified atom stereocenters. The van der Waals surface area contributed by atoms with Gasteiger partial charge in [-0.25, -0.2) is 0 Å². The number of rotatable bonds is 3. The zero-order chi connectivity index (χ0) is 22.7. The molecule has 0 radical (unpaired) electrons. The molecular formula is C27H24N2O3. The largest absolute Gasteiger partial charge is 0.508 e. The van der Waals surface area contributed by atoms with Crippen molar-refractivity contribution >= 4 is 6.08 Å². The SMILES string of the molecule is C1=CC2(C=C[C+]1/C=C/c1ccncc1)C=C2.COc1cc(O)cc(O)c1.[c-]1ccncc1. The highest BCUT2D eigenvalue weighted by molar-refractivity contribution is 5.57. The van der Waals surface area contributed by atoms with E-state index in [0.29, 0.717) is 5.75 Å². The summed E-state index contributed by atoms with van der Waals surface area (Å²) < 4.78 is 4.76. The number of aromatic hydroxyl groups is 2. The Morgan fingerprint density at radius 1 is 0.875 bits per heavy atom. The number of ether oxygens (including phenoxy) is 1. The van der Waals surface area contributed by atoms with Crippen molar-refractivity contribution < 1.29 is 14.9 Å². The third kappa shape index (κ3) is 7.54. The van der Waals surface area contributed by atoms with Crippen molar-refractivity contribution in [2.45, 2.75) is 0 Å². The molecule has 0 atom stereocenters. The maximum absolute atomic E-state index is 8.88. The fraction of sp³-hybridized carbons (Fsp3) is 0.0741. The first-order chi connectivity index (χ1) is 15.6. The van der Waals surface area contributed by atoms with Crippen LogP contribution < -0.4 is 4.74 Å². The Morgan fingerprint density at radius 3 is 1.94 bits per heavy atom. The molecule has 2 N–H and O–H groups in total. The number of phenols is 2. The number of nitrogens with zero attached hydrogens (tertiary/aromatic N) is 2. The van der Waals surface area contributed by atoms with Crippen LogP contribution in [0.3, 0.4) is 0 Å². The van der Waals surface area contributed by atoms with E-state index in [1.54, 1.807) is 36.9 Å². The van der Waals surface area contributed by atoms with Gasteiger partial charge in [-0.15, -0.1) is 0 Å². The lowest BCUT2D eigenvalue weighted by atomic mass is 9.92. The minimum Gasteiger partial charge on any atom is -0.508 e. The topological polar surface area (TPSA) is 75.5 Å². The number of aromatic nitrogens is 2. The molecule has 0 bridgehead atoms. The van der Waals surface area contributed by atoms with Crippen LogP contribution in [0.1, 0.15) is 5.56 Å². The van der Waals surface area contributed by atoms with E-state index < -0.39 is 0 Å². The van der Waals surface area contributed by atoms with Crippen molar-refractivity contribution in [1.82, 2.24) is 9.97 Å². The number of pyridine rings is 2. The highest BCUT2D eigenvalue weighted by Gasteiger charge is 2.35. The normalized spacial score (nSPS) is 14.3. The van der Waals surface area contributed by atoms with Crippen LogP contribution in [-0.4, -0.2) is 27.3 Å². The molecule has 3 aromatic rings. The predicted molar refractivity (Wildman–Crippen MR) is 126 cm³/mol. The first-order valence-corrected chi connectivity index (χ1v) is 9.96. The summed E-state index contributed by atoms with van der Waals surface area (Å²) in [5, 5.41) is 17.8. The molecule has 0 fully saturated rings. The van der Waals surface area contributed by atoms with E-state index in [1.807, 2.05) is 12.1 Å². The fourth-order valence-corrected chi connectivity index (χ4v) is 2.65. The van der Waals surface area contributed by atoms with Gasteiger partial charge >= 0.3 is 0 Å². The zero-order valence-corrected chi connectivity index (χ0v) is 17.7. The summed E-state index contributed by atoms with van der Waals surface area (Å²) in [7, 11) is 1.47. The minimum atomic E-state index is -0.00292. The lowest BCUT2D eigenvalue weighted by molar-refractivity contribution is 0.398. The van der Waals surface area contributed by atoms with Gasteiger partial charge in [0.05, 0.1) is 13.0 Å². The Kier molecular flexibility index (Phi) is 7.87. The first kappa shape index (κ1) is 22.4. The molecule has 2 aromatic heterocycles. The van der Waals surface area contributed by atoms with Gasteiger partial charge in [0, 0.05) is 72.6 Å². The van der Waals surface area contributed by atoms with E-state index in [4.69, 9.17) is 14.9 Å². The molecule has 2 aliphatic carbocycles. The molecule has 5 nitrogen and oxygen atoms in total. The van der Waals surface area contributed by atoms with Crippen LogP contribution in [-0.2, 0) is 0 Å². The monoisotopic (exact) mass is 424 g/mol. The smallest absolute Gasteiger partial charge is 0.126 e. The highest BCUT2D eigenvalue weighted by Crippen LogP contribution is 2.41. The van der Waals surface area contributed by atoms with Crippen LogP contribution in [0.15, 0.2) is 110 Å². The van der Waals surface area contributed by atoms with Crippen LogP contribution in [0.25, 0.3) is 6.08 Å². The molecule has 0 saturated carbocycles. The van der Waals surface area contributed by atoms with Crippen LogP contribution >= 0.6 is 0 Å². The molecule has 32 heavy (non-hydrogen) atoms. The Balaban J connectivity index is 0.000000154.